The van der Waals surface area contributed by atoms with Gasteiger partial charge in [-0.3, -0.25) is 9.59 Å². The van der Waals surface area contributed by atoms with E-state index < -0.39 is 28.3 Å². The number of Topliss-reactive ketones (excluding diaryl/α,β-unsaturated/α-hetero) is 1. The Balaban J connectivity index is 1.69. The number of hydrogen-bond acceptors (Lipinski definition) is 4. The van der Waals surface area contributed by atoms with Crippen molar-refractivity contribution >= 4 is 21.7 Å². The lowest BCUT2D eigenvalue weighted by molar-refractivity contribution is 0.0820. The van der Waals surface area contributed by atoms with Crippen molar-refractivity contribution in [2.24, 2.45) is 0 Å². The van der Waals surface area contributed by atoms with Gasteiger partial charge in [0, 0.05) is 22.6 Å². The summed E-state index contributed by atoms with van der Waals surface area (Å²) in [4.78, 5) is 25.5. The Labute approximate surface area is 173 Å². The number of rotatable bonds is 4. The molecule has 6 nitrogen and oxygen atoms in total. The van der Waals surface area contributed by atoms with Crippen LogP contribution < -0.4 is 0 Å². The van der Waals surface area contributed by atoms with E-state index in [-0.39, 0.29) is 21.8 Å². The molecule has 2 aromatic carbocycles. The SMILES string of the molecule is Cc1ccc(-n2c(C)cc(C(=O)CN3C(=O)c4ccccc4S3(=O)=O)c2C)cc1F. The Morgan fingerprint density at radius 1 is 1.03 bits per heavy atom. The molecule has 0 atom stereocenters. The molecule has 0 aliphatic carbocycles. The maximum atomic E-state index is 14.0. The van der Waals surface area contributed by atoms with Gasteiger partial charge < -0.3 is 4.57 Å². The monoisotopic (exact) mass is 426 g/mol. The van der Waals surface area contributed by atoms with E-state index in [1.807, 2.05) is 0 Å². The van der Waals surface area contributed by atoms with E-state index in [4.69, 9.17) is 0 Å². The first-order valence-electron chi connectivity index (χ1n) is 9.27. The maximum Gasteiger partial charge on any atom is 0.269 e. The van der Waals surface area contributed by atoms with Gasteiger partial charge in [-0.25, -0.2) is 17.1 Å². The smallest absolute Gasteiger partial charge is 0.269 e. The van der Waals surface area contributed by atoms with E-state index in [1.54, 1.807) is 49.6 Å². The van der Waals surface area contributed by atoms with Gasteiger partial charge in [-0.2, -0.15) is 0 Å². The number of nitrogens with zero attached hydrogens (tertiary/aromatic N) is 2. The van der Waals surface area contributed by atoms with Crippen LogP contribution in [0.1, 0.15) is 37.7 Å². The van der Waals surface area contributed by atoms with Gasteiger partial charge >= 0.3 is 0 Å². The zero-order valence-electron chi connectivity index (χ0n) is 16.6. The number of aryl methyl sites for hydroxylation is 2. The highest BCUT2D eigenvalue weighted by Crippen LogP contribution is 2.30. The van der Waals surface area contributed by atoms with E-state index in [0.29, 0.717) is 26.9 Å². The number of benzene rings is 2. The zero-order valence-corrected chi connectivity index (χ0v) is 17.5. The fourth-order valence-electron chi connectivity index (χ4n) is 3.77. The second-order valence-electron chi connectivity index (χ2n) is 7.29. The molecule has 0 unspecified atom stereocenters. The molecule has 154 valence electrons. The number of aromatic nitrogens is 1. The molecule has 30 heavy (non-hydrogen) atoms. The fraction of sp³-hybridized carbons (Fsp3) is 0.182. The Morgan fingerprint density at radius 3 is 2.40 bits per heavy atom. The van der Waals surface area contributed by atoms with Gasteiger partial charge in [-0.1, -0.05) is 18.2 Å². The first-order chi connectivity index (χ1) is 14.1. The predicted molar refractivity (Wildman–Crippen MR) is 109 cm³/mol. The molecule has 1 aliphatic rings. The number of sulfonamides is 1. The van der Waals surface area contributed by atoms with Crippen LogP contribution in [-0.4, -0.2) is 35.5 Å². The first kappa shape index (κ1) is 20.0. The van der Waals surface area contributed by atoms with Gasteiger partial charge in [-0.15, -0.1) is 0 Å². The molecule has 0 radical (unpaired) electrons. The average Bonchev–Trinajstić information content (AvgIpc) is 3.10. The van der Waals surface area contributed by atoms with Crippen molar-refractivity contribution in [2.45, 2.75) is 25.7 Å². The van der Waals surface area contributed by atoms with Gasteiger partial charge in [0.15, 0.2) is 5.78 Å². The minimum absolute atomic E-state index is 0.0610. The molecular formula is C22H19FN2O4S. The van der Waals surface area contributed by atoms with Crippen LogP contribution in [0.5, 0.6) is 0 Å². The van der Waals surface area contributed by atoms with Crippen LogP contribution in [-0.2, 0) is 10.0 Å². The Morgan fingerprint density at radius 2 is 1.73 bits per heavy atom. The summed E-state index contributed by atoms with van der Waals surface area (Å²) in [6, 6.07) is 12.3. The number of hydrogen-bond donors (Lipinski definition) is 0. The fourth-order valence-corrected chi connectivity index (χ4v) is 5.29. The number of halogens is 1. The second-order valence-corrected chi connectivity index (χ2v) is 9.12. The Kier molecular flexibility index (Phi) is 4.62. The van der Waals surface area contributed by atoms with Crippen LogP contribution in [0.15, 0.2) is 53.4 Å². The topological polar surface area (TPSA) is 76.5 Å². The Hall–Kier alpha value is -3.26. The quantitative estimate of drug-likeness (QED) is 0.598. The van der Waals surface area contributed by atoms with Crippen LogP contribution in [0.25, 0.3) is 5.69 Å². The molecule has 0 saturated heterocycles. The molecule has 8 heteroatoms. The first-order valence-corrected chi connectivity index (χ1v) is 10.7. The van der Waals surface area contributed by atoms with E-state index >= 15 is 0 Å². The lowest BCUT2D eigenvalue weighted by Crippen LogP contribution is -2.35. The maximum absolute atomic E-state index is 14.0. The number of amides is 1. The summed E-state index contributed by atoms with van der Waals surface area (Å²) in [5.74, 6) is -1.58. The van der Waals surface area contributed by atoms with Crippen molar-refractivity contribution in [3.63, 3.8) is 0 Å². The summed E-state index contributed by atoms with van der Waals surface area (Å²) in [5.41, 5.74) is 2.65. The summed E-state index contributed by atoms with van der Waals surface area (Å²) < 4.78 is 41.8. The van der Waals surface area contributed by atoms with Crippen molar-refractivity contribution in [2.75, 3.05) is 6.54 Å². The minimum Gasteiger partial charge on any atom is -0.318 e. The molecule has 0 fully saturated rings. The lowest BCUT2D eigenvalue weighted by Gasteiger charge is -2.14. The van der Waals surface area contributed by atoms with Crippen molar-refractivity contribution in [1.82, 2.24) is 8.87 Å². The lowest BCUT2D eigenvalue weighted by atomic mass is 10.1. The largest absolute Gasteiger partial charge is 0.318 e. The second kappa shape index (κ2) is 6.91. The highest BCUT2D eigenvalue weighted by Gasteiger charge is 2.42. The minimum atomic E-state index is -4.07. The molecule has 0 bridgehead atoms. The van der Waals surface area contributed by atoms with E-state index in [2.05, 4.69) is 0 Å². The summed E-state index contributed by atoms with van der Waals surface area (Å²) in [7, 11) is -4.07. The third-order valence-electron chi connectivity index (χ3n) is 5.34. The van der Waals surface area contributed by atoms with Gasteiger partial charge in [0.2, 0.25) is 0 Å². The molecule has 3 aromatic rings. The van der Waals surface area contributed by atoms with Gasteiger partial charge in [0.25, 0.3) is 15.9 Å². The molecule has 0 N–H and O–H groups in total. The van der Waals surface area contributed by atoms with Crippen LogP contribution in [0.4, 0.5) is 4.39 Å². The molecule has 1 aliphatic heterocycles. The number of fused-ring (bicyclic) bond motifs is 1. The summed E-state index contributed by atoms with van der Waals surface area (Å²) in [6.45, 7) is 4.54. The van der Waals surface area contributed by atoms with Crippen molar-refractivity contribution in [3.8, 4) is 5.69 Å². The van der Waals surface area contributed by atoms with E-state index in [1.165, 1.54) is 24.3 Å². The van der Waals surface area contributed by atoms with Crippen LogP contribution in [0.3, 0.4) is 0 Å². The third kappa shape index (κ3) is 2.95. The summed E-state index contributed by atoms with van der Waals surface area (Å²) in [6.07, 6.45) is 0. The van der Waals surface area contributed by atoms with Gasteiger partial charge in [0.05, 0.1) is 5.56 Å². The molecular weight excluding hydrogens is 407 g/mol. The molecule has 1 aromatic heterocycles. The molecule has 1 amide bonds. The molecule has 4 rings (SSSR count). The summed E-state index contributed by atoms with van der Waals surface area (Å²) >= 11 is 0. The van der Waals surface area contributed by atoms with Crippen molar-refractivity contribution in [3.05, 3.63) is 82.4 Å². The molecule has 0 spiro atoms. The summed E-state index contributed by atoms with van der Waals surface area (Å²) in [5, 5.41) is 0. The zero-order chi connectivity index (χ0) is 21.8. The predicted octanol–water partition coefficient (Wildman–Crippen LogP) is 3.57. The van der Waals surface area contributed by atoms with Crippen LogP contribution in [0, 0.1) is 26.6 Å². The van der Waals surface area contributed by atoms with Crippen LogP contribution >= 0.6 is 0 Å². The number of ketones is 1. The molecule has 2 heterocycles. The highest BCUT2D eigenvalue weighted by molar-refractivity contribution is 7.90. The van der Waals surface area contributed by atoms with Crippen LogP contribution in [0.2, 0.25) is 0 Å². The third-order valence-corrected chi connectivity index (χ3v) is 7.13. The standard InChI is InChI=1S/C22H19FN2O4S/c1-13-8-9-16(11-19(13)23)25-14(2)10-18(15(25)3)20(26)12-24-22(27)17-6-4-5-7-21(17)30(24,28)29/h4-11H,12H2,1-3H3. The Bertz CT molecular complexity index is 1320. The van der Waals surface area contributed by atoms with E-state index in [0.717, 1.165) is 0 Å². The average molecular weight is 426 g/mol. The number of carbonyl (C=O) groups is 2. The molecule has 0 saturated carbocycles. The normalized spacial score (nSPS) is 14.8. The number of carbonyl (C=O) groups excluding carboxylic acids is 2. The van der Waals surface area contributed by atoms with Crippen molar-refractivity contribution < 1.29 is 22.4 Å². The van der Waals surface area contributed by atoms with Gasteiger partial charge in [-0.05, 0) is 56.7 Å². The highest BCUT2D eigenvalue weighted by atomic mass is 32.2. The van der Waals surface area contributed by atoms with E-state index in [9.17, 15) is 22.4 Å². The van der Waals surface area contributed by atoms with Crippen molar-refractivity contribution in [1.29, 1.82) is 0 Å². The van der Waals surface area contributed by atoms with Gasteiger partial charge in [0.1, 0.15) is 17.3 Å².